The molecule has 7 heteroatoms. The smallest absolute Gasteiger partial charge is 0.247 e. The molecule has 0 saturated heterocycles. The number of anilines is 2. The predicted octanol–water partition coefficient (Wildman–Crippen LogP) is 1.11. The SMILES string of the molecule is CCOc1nc(N)nc(OC(C)N(CC)CC)c1N. The molecule has 1 atom stereocenters. The van der Waals surface area contributed by atoms with Gasteiger partial charge in [0.05, 0.1) is 6.61 Å². The van der Waals surface area contributed by atoms with Gasteiger partial charge < -0.3 is 20.9 Å². The van der Waals surface area contributed by atoms with Gasteiger partial charge in [0, 0.05) is 0 Å². The van der Waals surface area contributed by atoms with Crippen molar-refractivity contribution >= 4 is 11.6 Å². The van der Waals surface area contributed by atoms with Crippen molar-refractivity contribution < 1.29 is 9.47 Å². The van der Waals surface area contributed by atoms with Crippen molar-refractivity contribution in [2.45, 2.75) is 33.9 Å². The molecular formula is C12H23N5O2. The van der Waals surface area contributed by atoms with Crippen molar-refractivity contribution in [2.24, 2.45) is 0 Å². The monoisotopic (exact) mass is 269 g/mol. The van der Waals surface area contributed by atoms with E-state index in [0.717, 1.165) is 13.1 Å². The molecule has 0 fully saturated rings. The second-order valence-electron chi connectivity index (χ2n) is 3.98. The molecule has 0 bridgehead atoms. The van der Waals surface area contributed by atoms with Crippen LogP contribution >= 0.6 is 0 Å². The minimum Gasteiger partial charge on any atom is -0.476 e. The van der Waals surface area contributed by atoms with Gasteiger partial charge in [-0.05, 0) is 26.9 Å². The summed E-state index contributed by atoms with van der Waals surface area (Å²) in [4.78, 5) is 10.1. The van der Waals surface area contributed by atoms with Crippen molar-refractivity contribution in [2.75, 3.05) is 31.2 Å². The molecule has 0 aliphatic heterocycles. The van der Waals surface area contributed by atoms with Crippen molar-refractivity contribution in [3.05, 3.63) is 0 Å². The highest BCUT2D eigenvalue weighted by molar-refractivity contribution is 5.58. The third-order valence-corrected chi connectivity index (χ3v) is 2.78. The van der Waals surface area contributed by atoms with E-state index in [2.05, 4.69) is 28.7 Å². The lowest BCUT2D eigenvalue weighted by atomic mass is 10.4. The Bertz CT molecular complexity index is 409. The minimum atomic E-state index is -0.152. The van der Waals surface area contributed by atoms with E-state index in [-0.39, 0.29) is 29.6 Å². The van der Waals surface area contributed by atoms with Gasteiger partial charge in [-0.15, -0.1) is 0 Å². The van der Waals surface area contributed by atoms with E-state index >= 15 is 0 Å². The molecule has 4 N–H and O–H groups in total. The van der Waals surface area contributed by atoms with Crippen LogP contribution in [0.2, 0.25) is 0 Å². The molecule has 0 amide bonds. The standard InChI is InChI=1S/C12H23N5O2/c1-5-17(6-2)8(4)19-11-9(13)10(18-7-3)15-12(14)16-11/h8H,5-7,13H2,1-4H3,(H2,14,15,16). The third-order valence-electron chi connectivity index (χ3n) is 2.78. The number of hydrogen-bond acceptors (Lipinski definition) is 7. The number of nitrogens with two attached hydrogens (primary N) is 2. The first-order valence-electron chi connectivity index (χ1n) is 6.49. The average Bonchev–Trinajstić information content (AvgIpc) is 2.36. The Labute approximate surface area is 113 Å². The van der Waals surface area contributed by atoms with Crippen LogP contribution in [0.15, 0.2) is 0 Å². The minimum absolute atomic E-state index is 0.0828. The highest BCUT2D eigenvalue weighted by Gasteiger charge is 2.18. The number of aromatic nitrogens is 2. The molecule has 0 radical (unpaired) electrons. The van der Waals surface area contributed by atoms with E-state index in [1.807, 2.05) is 13.8 Å². The van der Waals surface area contributed by atoms with Crippen LogP contribution in [0.3, 0.4) is 0 Å². The summed E-state index contributed by atoms with van der Waals surface area (Å²) in [5, 5.41) is 0. The van der Waals surface area contributed by atoms with E-state index in [4.69, 9.17) is 20.9 Å². The summed E-state index contributed by atoms with van der Waals surface area (Å²) in [6.07, 6.45) is -0.152. The second-order valence-corrected chi connectivity index (χ2v) is 3.98. The molecule has 108 valence electrons. The molecule has 1 aromatic rings. The van der Waals surface area contributed by atoms with Crippen LogP contribution < -0.4 is 20.9 Å². The van der Waals surface area contributed by atoms with Crippen molar-refractivity contribution in [3.63, 3.8) is 0 Å². The van der Waals surface area contributed by atoms with Gasteiger partial charge in [-0.3, -0.25) is 4.90 Å². The Kier molecular flexibility index (Phi) is 5.62. The summed E-state index contributed by atoms with van der Waals surface area (Å²) in [5.41, 5.74) is 11.8. The molecule has 0 aliphatic rings. The van der Waals surface area contributed by atoms with Gasteiger partial charge in [0.2, 0.25) is 17.7 Å². The second kappa shape index (κ2) is 6.98. The van der Waals surface area contributed by atoms with E-state index in [9.17, 15) is 0 Å². The van der Waals surface area contributed by atoms with E-state index in [0.29, 0.717) is 6.61 Å². The number of nitrogens with zero attached hydrogens (tertiary/aromatic N) is 3. The summed E-state index contributed by atoms with van der Waals surface area (Å²) < 4.78 is 11.0. The molecular weight excluding hydrogens is 246 g/mol. The van der Waals surface area contributed by atoms with E-state index in [1.54, 1.807) is 0 Å². The summed E-state index contributed by atoms with van der Waals surface area (Å²) in [5.74, 6) is 0.603. The molecule has 1 rings (SSSR count). The zero-order chi connectivity index (χ0) is 14.4. The van der Waals surface area contributed by atoms with Gasteiger partial charge in [-0.2, -0.15) is 9.97 Å². The first kappa shape index (κ1) is 15.3. The molecule has 7 nitrogen and oxygen atoms in total. The summed E-state index contributed by atoms with van der Waals surface area (Å²) in [6, 6.07) is 0. The zero-order valence-electron chi connectivity index (χ0n) is 12.0. The number of ether oxygens (including phenoxy) is 2. The Morgan fingerprint density at radius 1 is 1.11 bits per heavy atom. The Morgan fingerprint density at radius 3 is 2.21 bits per heavy atom. The Morgan fingerprint density at radius 2 is 1.68 bits per heavy atom. The number of nitrogen functional groups attached to an aromatic ring is 2. The highest BCUT2D eigenvalue weighted by Crippen LogP contribution is 2.29. The topological polar surface area (TPSA) is 99.5 Å². The van der Waals surface area contributed by atoms with Crippen LogP contribution in [0.4, 0.5) is 11.6 Å². The molecule has 1 aromatic heterocycles. The maximum absolute atomic E-state index is 5.92. The molecule has 19 heavy (non-hydrogen) atoms. The molecule has 0 saturated carbocycles. The fourth-order valence-electron chi connectivity index (χ4n) is 1.76. The van der Waals surface area contributed by atoms with Crippen molar-refractivity contribution in [3.8, 4) is 11.8 Å². The average molecular weight is 269 g/mol. The molecule has 0 aromatic carbocycles. The summed E-state index contributed by atoms with van der Waals surface area (Å²) in [6.45, 7) is 10.1. The highest BCUT2D eigenvalue weighted by atomic mass is 16.5. The van der Waals surface area contributed by atoms with E-state index < -0.39 is 0 Å². The number of hydrogen-bond donors (Lipinski definition) is 2. The van der Waals surface area contributed by atoms with E-state index in [1.165, 1.54) is 0 Å². The summed E-state index contributed by atoms with van der Waals surface area (Å²) in [7, 11) is 0. The van der Waals surface area contributed by atoms with Crippen LogP contribution in [0.1, 0.15) is 27.7 Å². The zero-order valence-corrected chi connectivity index (χ0v) is 12.0. The molecule has 1 unspecified atom stereocenters. The van der Waals surface area contributed by atoms with Crippen LogP contribution in [0.25, 0.3) is 0 Å². The van der Waals surface area contributed by atoms with Gasteiger partial charge >= 0.3 is 0 Å². The third kappa shape index (κ3) is 3.85. The largest absolute Gasteiger partial charge is 0.476 e. The van der Waals surface area contributed by atoms with Gasteiger partial charge in [-0.1, -0.05) is 13.8 Å². The Hall–Kier alpha value is -1.76. The van der Waals surface area contributed by atoms with Gasteiger partial charge in [0.25, 0.3) is 0 Å². The molecule has 0 spiro atoms. The van der Waals surface area contributed by atoms with Crippen LogP contribution in [-0.4, -0.2) is 40.8 Å². The lowest BCUT2D eigenvalue weighted by Crippen LogP contribution is -2.37. The van der Waals surface area contributed by atoms with Gasteiger partial charge in [0.1, 0.15) is 0 Å². The maximum Gasteiger partial charge on any atom is 0.247 e. The van der Waals surface area contributed by atoms with Crippen LogP contribution in [-0.2, 0) is 0 Å². The van der Waals surface area contributed by atoms with Crippen molar-refractivity contribution in [1.82, 2.24) is 14.9 Å². The first-order valence-corrected chi connectivity index (χ1v) is 6.49. The predicted molar refractivity (Wildman–Crippen MR) is 75.0 cm³/mol. The fourth-order valence-corrected chi connectivity index (χ4v) is 1.76. The van der Waals surface area contributed by atoms with Crippen molar-refractivity contribution in [1.29, 1.82) is 0 Å². The normalized spacial score (nSPS) is 12.5. The first-order chi connectivity index (χ1) is 9.03. The van der Waals surface area contributed by atoms with Gasteiger partial charge in [-0.25, -0.2) is 0 Å². The Balaban J connectivity index is 2.94. The van der Waals surface area contributed by atoms with Crippen LogP contribution in [0.5, 0.6) is 11.8 Å². The lowest BCUT2D eigenvalue weighted by Gasteiger charge is -2.26. The fraction of sp³-hybridized carbons (Fsp3) is 0.667. The van der Waals surface area contributed by atoms with Gasteiger partial charge in [0.15, 0.2) is 11.9 Å². The molecule has 0 aliphatic carbocycles. The lowest BCUT2D eigenvalue weighted by molar-refractivity contribution is 0.0448. The quantitative estimate of drug-likeness (QED) is 0.715. The molecule has 1 heterocycles. The number of rotatable bonds is 7. The van der Waals surface area contributed by atoms with Crippen LogP contribution in [0, 0.1) is 0 Å². The summed E-state index contributed by atoms with van der Waals surface area (Å²) >= 11 is 0. The maximum atomic E-state index is 5.92.